The highest BCUT2D eigenvalue weighted by molar-refractivity contribution is 7.11. The first kappa shape index (κ1) is 17.9. The molecule has 0 spiro atoms. The van der Waals surface area contributed by atoms with Crippen LogP contribution in [0, 0.1) is 26.7 Å². The third kappa shape index (κ3) is 4.42. The summed E-state index contributed by atoms with van der Waals surface area (Å²) >= 11 is 1.71. The average molecular weight is 382 g/mol. The Kier molecular flexibility index (Phi) is 5.03. The maximum atomic E-state index is 5.95. The molecule has 2 atom stereocenters. The molecule has 1 N–H and O–H groups in total. The topological polar surface area (TPSA) is 72.8 Å². The summed E-state index contributed by atoms with van der Waals surface area (Å²) in [6.07, 6.45) is 2.97. The molecule has 2 unspecified atom stereocenters. The van der Waals surface area contributed by atoms with Crippen LogP contribution in [0.3, 0.4) is 0 Å². The smallest absolute Gasteiger partial charge is 0.218 e. The van der Waals surface area contributed by atoms with Crippen LogP contribution >= 0.6 is 11.3 Å². The first-order valence-corrected chi connectivity index (χ1v) is 9.96. The number of nitrogens with zero attached hydrogens (tertiary/aromatic N) is 4. The largest absolute Gasteiger partial charge is 0.477 e. The molecule has 1 aliphatic carbocycles. The number of thiazole rings is 1. The summed E-state index contributed by atoms with van der Waals surface area (Å²) in [5.74, 6) is 3.11. The molecule has 3 heterocycles. The van der Waals surface area contributed by atoms with Gasteiger partial charge < -0.3 is 10.1 Å². The second-order valence-electron chi connectivity index (χ2n) is 6.90. The van der Waals surface area contributed by atoms with E-state index >= 15 is 0 Å². The lowest BCUT2D eigenvalue weighted by Gasteiger charge is -2.09. The van der Waals surface area contributed by atoms with Gasteiger partial charge in [-0.05, 0) is 39.3 Å². The van der Waals surface area contributed by atoms with Gasteiger partial charge in [-0.25, -0.2) is 9.97 Å². The summed E-state index contributed by atoms with van der Waals surface area (Å²) in [5.41, 5.74) is 2.23. The lowest BCUT2D eigenvalue weighted by Crippen LogP contribution is -2.07. The second kappa shape index (κ2) is 7.60. The number of rotatable bonds is 7. The standard InChI is InChI=1S/C20H23N5OS/c1-12-18(27-14(3)23-12)10-22-19-9-20(25-13(2)24-19)26-11-15-8-16(15)17-6-4-5-7-21-17/h4-7,9,15-16H,8,10-11H2,1-3H3,(H,22,24,25). The van der Waals surface area contributed by atoms with Gasteiger partial charge in [0.05, 0.1) is 23.9 Å². The van der Waals surface area contributed by atoms with Gasteiger partial charge in [0, 0.05) is 34.7 Å². The molecule has 27 heavy (non-hydrogen) atoms. The van der Waals surface area contributed by atoms with Gasteiger partial charge >= 0.3 is 0 Å². The van der Waals surface area contributed by atoms with Crippen molar-refractivity contribution < 1.29 is 4.74 Å². The van der Waals surface area contributed by atoms with Crippen LogP contribution in [-0.4, -0.2) is 26.5 Å². The maximum Gasteiger partial charge on any atom is 0.218 e. The molecule has 4 rings (SSSR count). The minimum absolute atomic E-state index is 0.504. The van der Waals surface area contributed by atoms with Crippen LogP contribution in [-0.2, 0) is 6.54 Å². The fourth-order valence-corrected chi connectivity index (χ4v) is 4.07. The Bertz CT molecular complexity index is 927. The van der Waals surface area contributed by atoms with E-state index in [2.05, 4.69) is 31.3 Å². The van der Waals surface area contributed by atoms with Crippen LogP contribution in [0.5, 0.6) is 5.88 Å². The molecule has 0 radical (unpaired) electrons. The van der Waals surface area contributed by atoms with E-state index in [1.165, 1.54) is 4.88 Å². The summed E-state index contributed by atoms with van der Waals surface area (Å²) in [7, 11) is 0. The molecule has 0 aliphatic heterocycles. The van der Waals surface area contributed by atoms with Crippen LogP contribution in [0.1, 0.15) is 39.4 Å². The molecule has 1 saturated carbocycles. The summed E-state index contributed by atoms with van der Waals surface area (Å²) < 4.78 is 5.95. The Morgan fingerprint density at radius 2 is 2.07 bits per heavy atom. The number of ether oxygens (including phenoxy) is 1. The summed E-state index contributed by atoms with van der Waals surface area (Å²) in [6, 6.07) is 7.94. The van der Waals surface area contributed by atoms with Gasteiger partial charge in [-0.3, -0.25) is 4.98 Å². The van der Waals surface area contributed by atoms with Gasteiger partial charge in [0.2, 0.25) is 5.88 Å². The Hall–Kier alpha value is -2.54. The van der Waals surface area contributed by atoms with Gasteiger partial charge in [0.15, 0.2) is 0 Å². The van der Waals surface area contributed by atoms with Gasteiger partial charge in [-0.1, -0.05) is 6.07 Å². The summed E-state index contributed by atoms with van der Waals surface area (Å²) in [5, 5.41) is 4.45. The van der Waals surface area contributed by atoms with Crippen molar-refractivity contribution >= 4 is 17.2 Å². The zero-order chi connectivity index (χ0) is 18.8. The number of aromatic nitrogens is 4. The predicted molar refractivity (Wildman–Crippen MR) is 106 cm³/mol. The summed E-state index contributed by atoms with van der Waals surface area (Å²) in [6.45, 7) is 7.31. The molecule has 0 aromatic carbocycles. The normalized spacial score (nSPS) is 18.3. The highest BCUT2D eigenvalue weighted by Crippen LogP contribution is 2.46. The number of aryl methyl sites for hydroxylation is 3. The zero-order valence-electron chi connectivity index (χ0n) is 15.8. The Morgan fingerprint density at radius 3 is 2.81 bits per heavy atom. The van der Waals surface area contributed by atoms with E-state index in [1.807, 2.05) is 45.2 Å². The number of pyridine rings is 1. The molecule has 0 bridgehead atoms. The molecule has 7 heteroatoms. The van der Waals surface area contributed by atoms with Gasteiger partial charge in [-0.15, -0.1) is 11.3 Å². The van der Waals surface area contributed by atoms with Crippen LogP contribution in [0.25, 0.3) is 0 Å². The first-order valence-electron chi connectivity index (χ1n) is 9.14. The molecular weight excluding hydrogens is 358 g/mol. The number of hydrogen-bond acceptors (Lipinski definition) is 7. The minimum Gasteiger partial charge on any atom is -0.477 e. The third-order valence-electron chi connectivity index (χ3n) is 4.68. The maximum absolute atomic E-state index is 5.95. The van der Waals surface area contributed by atoms with Gasteiger partial charge in [0.25, 0.3) is 0 Å². The second-order valence-corrected chi connectivity index (χ2v) is 8.19. The van der Waals surface area contributed by atoms with Crippen LogP contribution < -0.4 is 10.1 Å². The van der Waals surface area contributed by atoms with Crippen molar-refractivity contribution in [3.8, 4) is 5.88 Å². The average Bonchev–Trinajstić information content (AvgIpc) is 3.36. The molecule has 1 fully saturated rings. The van der Waals surface area contributed by atoms with Crippen molar-refractivity contribution in [3.05, 3.63) is 57.6 Å². The molecule has 6 nitrogen and oxygen atoms in total. The first-order chi connectivity index (χ1) is 13.1. The molecule has 0 amide bonds. The fourth-order valence-electron chi connectivity index (χ4n) is 3.19. The SMILES string of the molecule is Cc1nc(NCc2sc(C)nc2C)cc(OCC2CC2c2ccccn2)n1. The van der Waals surface area contributed by atoms with E-state index in [1.54, 1.807) is 11.3 Å². The van der Waals surface area contributed by atoms with Crippen LogP contribution in [0.4, 0.5) is 5.82 Å². The molecule has 3 aromatic rings. The number of hydrogen-bond donors (Lipinski definition) is 1. The third-order valence-corrected chi connectivity index (χ3v) is 5.75. The van der Waals surface area contributed by atoms with Crippen LogP contribution in [0.2, 0.25) is 0 Å². The summed E-state index contributed by atoms with van der Waals surface area (Å²) in [4.78, 5) is 19.0. The van der Waals surface area contributed by atoms with Crippen molar-refractivity contribution in [2.24, 2.45) is 5.92 Å². The fraction of sp³-hybridized carbons (Fsp3) is 0.400. The van der Waals surface area contributed by atoms with Crippen molar-refractivity contribution in [3.63, 3.8) is 0 Å². The van der Waals surface area contributed by atoms with E-state index in [0.29, 0.717) is 36.7 Å². The zero-order valence-corrected chi connectivity index (χ0v) is 16.6. The van der Waals surface area contributed by atoms with E-state index in [0.717, 1.165) is 28.6 Å². The Labute approximate surface area is 163 Å². The lowest BCUT2D eigenvalue weighted by atomic mass is 10.2. The van der Waals surface area contributed by atoms with Gasteiger partial charge in [0.1, 0.15) is 11.6 Å². The van der Waals surface area contributed by atoms with Crippen molar-refractivity contribution in [1.29, 1.82) is 0 Å². The molecule has 3 aromatic heterocycles. The Morgan fingerprint density at radius 1 is 1.19 bits per heavy atom. The van der Waals surface area contributed by atoms with E-state index in [9.17, 15) is 0 Å². The Balaban J connectivity index is 1.34. The quantitative estimate of drug-likeness (QED) is 0.666. The van der Waals surface area contributed by atoms with Crippen molar-refractivity contribution in [2.75, 3.05) is 11.9 Å². The van der Waals surface area contributed by atoms with E-state index in [4.69, 9.17) is 4.74 Å². The highest BCUT2D eigenvalue weighted by Gasteiger charge is 2.39. The van der Waals surface area contributed by atoms with Gasteiger partial charge in [-0.2, -0.15) is 4.98 Å². The molecule has 0 saturated heterocycles. The predicted octanol–water partition coefficient (Wildman–Crippen LogP) is 4.05. The van der Waals surface area contributed by atoms with E-state index in [-0.39, 0.29) is 0 Å². The lowest BCUT2D eigenvalue weighted by molar-refractivity contribution is 0.284. The molecule has 140 valence electrons. The van der Waals surface area contributed by atoms with Crippen LogP contribution in [0.15, 0.2) is 30.5 Å². The molecular formula is C20H23N5OS. The van der Waals surface area contributed by atoms with E-state index < -0.39 is 0 Å². The molecule has 1 aliphatic rings. The number of nitrogens with one attached hydrogen (secondary N) is 1. The number of anilines is 1. The van der Waals surface area contributed by atoms with Crippen molar-refractivity contribution in [2.45, 2.75) is 39.7 Å². The van der Waals surface area contributed by atoms with Crippen molar-refractivity contribution in [1.82, 2.24) is 19.9 Å². The minimum atomic E-state index is 0.504. The highest BCUT2D eigenvalue weighted by atomic mass is 32.1. The monoisotopic (exact) mass is 381 g/mol.